The van der Waals surface area contributed by atoms with E-state index in [0.717, 1.165) is 17.5 Å². The maximum Gasteiger partial charge on any atom is 0.408 e. The molecule has 0 radical (unpaired) electrons. The minimum Gasteiger partial charge on any atom is -0.454 e. The summed E-state index contributed by atoms with van der Waals surface area (Å²) >= 11 is 0. The number of amides is 2. The molecule has 2 amide bonds. The number of nitrogens with one attached hydrogen (secondary N) is 2. The van der Waals surface area contributed by atoms with E-state index in [9.17, 15) is 14.4 Å². The third-order valence-electron chi connectivity index (χ3n) is 4.40. The van der Waals surface area contributed by atoms with Gasteiger partial charge in [-0.2, -0.15) is 0 Å². The molecule has 0 unspecified atom stereocenters. The van der Waals surface area contributed by atoms with Gasteiger partial charge in [0.15, 0.2) is 6.61 Å². The van der Waals surface area contributed by atoms with E-state index in [0.29, 0.717) is 5.69 Å². The number of rotatable bonds is 9. The first-order valence-electron chi connectivity index (χ1n) is 9.91. The van der Waals surface area contributed by atoms with E-state index in [-0.39, 0.29) is 12.5 Å². The van der Waals surface area contributed by atoms with Crippen molar-refractivity contribution in [3.05, 3.63) is 65.7 Å². The van der Waals surface area contributed by atoms with E-state index in [1.807, 2.05) is 49.4 Å². The Labute approximate surface area is 176 Å². The Kier molecular flexibility index (Phi) is 8.87. The molecule has 0 saturated carbocycles. The summed E-state index contributed by atoms with van der Waals surface area (Å²) in [6.07, 6.45) is 0.179. The number of carbonyl (C=O) groups excluding carboxylic acids is 3. The summed E-state index contributed by atoms with van der Waals surface area (Å²) in [5.74, 6) is -1.40. The summed E-state index contributed by atoms with van der Waals surface area (Å²) in [5.41, 5.74) is 2.61. The Bertz CT molecular complexity index is 834. The number of alkyl carbamates (subject to hydrolysis) is 1. The summed E-state index contributed by atoms with van der Waals surface area (Å²) in [5, 5.41) is 5.17. The molecule has 0 aliphatic rings. The Hall–Kier alpha value is -3.35. The predicted octanol–water partition coefficient (Wildman–Crippen LogP) is 3.68. The molecule has 0 aliphatic heterocycles. The van der Waals surface area contributed by atoms with Crippen molar-refractivity contribution in [1.82, 2.24) is 5.32 Å². The molecule has 7 nitrogen and oxygen atoms in total. The Morgan fingerprint density at radius 2 is 1.57 bits per heavy atom. The molecule has 0 aromatic heterocycles. The van der Waals surface area contributed by atoms with Gasteiger partial charge in [0.2, 0.25) is 0 Å². The van der Waals surface area contributed by atoms with Crippen molar-refractivity contribution in [2.45, 2.75) is 39.8 Å². The van der Waals surface area contributed by atoms with Gasteiger partial charge in [0.05, 0.1) is 0 Å². The lowest BCUT2D eigenvalue weighted by Gasteiger charge is -2.20. The summed E-state index contributed by atoms with van der Waals surface area (Å²) in [6.45, 7) is 5.21. The first-order chi connectivity index (χ1) is 14.4. The number of ether oxygens (including phenoxy) is 2. The topological polar surface area (TPSA) is 93.7 Å². The van der Waals surface area contributed by atoms with Gasteiger partial charge in [0.25, 0.3) is 5.91 Å². The Balaban J connectivity index is 1.80. The third kappa shape index (κ3) is 7.58. The van der Waals surface area contributed by atoms with Crippen LogP contribution in [0.25, 0.3) is 0 Å². The zero-order chi connectivity index (χ0) is 21.9. The van der Waals surface area contributed by atoms with Gasteiger partial charge in [-0.15, -0.1) is 0 Å². The summed E-state index contributed by atoms with van der Waals surface area (Å²) < 4.78 is 10.2. The number of hydrogen-bond acceptors (Lipinski definition) is 5. The van der Waals surface area contributed by atoms with Crippen LogP contribution >= 0.6 is 0 Å². The summed E-state index contributed by atoms with van der Waals surface area (Å²) in [6, 6.07) is 15.7. The van der Waals surface area contributed by atoms with Gasteiger partial charge in [0, 0.05) is 5.69 Å². The molecule has 0 bridgehead atoms. The second-order valence-electron chi connectivity index (χ2n) is 7.13. The molecule has 0 aliphatic carbocycles. The van der Waals surface area contributed by atoms with Crippen molar-refractivity contribution in [2.24, 2.45) is 5.92 Å². The SMILES string of the molecule is CCc1ccc(NC(=O)COC(=O)[C@@H](NC(=O)OCc2ccccc2)C(C)C)cc1. The predicted molar refractivity (Wildman–Crippen MR) is 114 cm³/mol. The van der Waals surface area contributed by atoms with Crippen LogP contribution in [0.2, 0.25) is 0 Å². The van der Waals surface area contributed by atoms with Gasteiger partial charge in [-0.3, -0.25) is 4.79 Å². The van der Waals surface area contributed by atoms with Crippen molar-refractivity contribution < 1.29 is 23.9 Å². The van der Waals surface area contributed by atoms with Gasteiger partial charge >= 0.3 is 12.1 Å². The number of esters is 1. The van der Waals surface area contributed by atoms with Crippen LogP contribution in [0.5, 0.6) is 0 Å². The van der Waals surface area contributed by atoms with Crippen molar-refractivity contribution in [3.63, 3.8) is 0 Å². The molecule has 160 valence electrons. The standard InChI is InChI=1S/C23H28N2O5/c1-4-17-10-12-19(13-11-17)24-20(26)15-29-22(27)21(16(2)3)25-23(28)30-14-18-8-6-5-7-9-18/h5-13,16,21H,4,14-15H2,1-3H3,(H,24,26)(H,25,28)/t21-/m0/s1. The van der Waals surface area contributed by atoms with Crippen LogP contribution in [0.3, 0.4) is 0 Å². The van der Waals surface area contributed by atoms with Crippen LogP contribution in [0, 0.1) is 5.92 Å². The smallest absolute Gasteiger partial charge is 0.408 e. The van der Waals surface area contributed by atoms with Crippen LogP contribution in [0.1, 0.15) is 31.9 Å². The fourth-order valence-electron chi connectivity index (χ4n) is 2.64. The van der Waals surface area contributed by atoms with E-state index in [2.05, 4.69) is 10.6 Å². The Morgan fingerprint density at radius 1 is 0.900 bits per heavy atom. The number of aryl methyl sites for hydroxylation is 1. The molecule has 0 fully saturated rings. The molecule has 0 spiro atoms. The third-order valence-corrected chi connectivity index (χ3v) is 4.40. The first-order valence-corrected chi connectivity index (χ1v) is 9.91. The molecule has 7 heteroatoms. The van der Waals surface area contributed by atoms with E-state index >= 15 is 0 Å². The van der Waals surface area contributed by atoms with Gasteiger partial charge < -0.3 is 20.1 Å². The number of benzene rings is 2. The molecule has 2 aromatic rings. The molecule has 0 saturated heterocycles. The number of carbonyl (C=O) groups is 3. The van der Waals surface area contributed by atoms with Crippen molar-refractivity contribution in [2.75, 3.05) is 11.9 Å². The van der Waals surface area contributed by atoms with Crippen LogP contribution in [-0.2, 0) is 32.1 Å². The fourth-order valence-corrected chi connectivity index (χ4v) is 2.64. The molecular weight excluding hydrogens is 384 g/mol. The van der Waals surface area contributed by atoms with E-state index < -0.39 is 30.6 Å². The van der Waals surface area contributed by atoms with Crippen molar-refractivity contribution >= 4 is 23.7 Å². The largest absolute Gasteiger partial charge is 0.454 e. The number of anilines is 1. The lowest BCUT2D eigenvalue weighted by atomic mass is 10.1. The van der Waals surface area contributed by atoms with Gasteiger partial charge in [-0.1, -0.05) is 63.2 Å². The molecule has 2 N–H and O–H groups in total. The van der Waals surface area contributed by atoms with Crippen LogP contribution in [0.15, 0.2) is 54.6 Å². The highest BCUT2D eigenvalue weighted by Gasteiger charge is 2.27. The highest BCUT2D eigenvalue weighted by Crippen LogP contribution is 2.10. The van der Waals surface area contributed by atoms with E-state index in [1.54, 1.807) is 26.0 Å². The lowest BCUT2D eigenvalue weighted by Crippen LogP contribution is -2.46. The molecule has 2 aromatic carbocycles. The van der Waals surface area contributed by atoms with Gasteiger partial charge in [-0.25, -0.2) is 9.59 Å². The van der Waals surface area contributed by atoms with Crippen molar-refractivity contribution in [3.8, 4) is 0 Å². The maximum absolute atomic E-state index is 12.4. The average molecular weight is 412 g/mol. The molecule has 30 heavy (non-hydrogen) atoms. The quantitative estimate of drug-likeness (QED) is 0.613. The molecule has 0 heterocycles. The summed E-state index contributed by atoms with van der Waals surface area (Å²) in [7, 11) is 0. The Morgan fingerprint density at radius 3 is 2.17 bits per heavy atom. The second kappa shape index (κ2) is 11.6. The van der Waals surface area contributed by atoms with E-state index in [1.165, 1.54) is 0 Å². The highest BCUT2D eigenvalue weighted by molar-refractivity contribution is 5.93. The fraction of sp³-hybridized carbons (Fsp3) is 0.348. The monoisotopic (exact) mass is 412 g/mol. The van der Waals surface area contributed by atoms with Gasteiger partial charge in [0.1, 0.15) is 12.6 Å². The van der Waals surface area contributed by atoms with Gasteiger partial charge in [-0.05, 0) is 35.6 Å². The van der Waals surface area contributed by atoms with Crippen LogP contribution in [-0.4, -0.2) is 30.6 Å². The zero-order valence-electron chi connectivity index (χ0n) is 17.5. The molecule has 2 rings (SSSR count). The molecular formula is C23H28N2O5. The number of hydrogen-bond donors (Lipinski definition) is 2. The lowest BCUT2D eigenvalue weighted by molar-refractivity contribution is -0.150. The first kappa shape index (κ1) is 22.9. The molecule has 1 atom stereocenters. The zero-order valence-corrected chi connectivity index (χ0v) is 17.5. The van der Waals surface area contributed by atoms with E-state index in [4.69, 9.17) is 9.47 Å². The minimum atomic E-state index is -0.926. The maximum atomic E-state index is 12.4. The van der Waals surface area contributed by atoms with Crippen molar-refractivity contribution in [1.29, 1.82) is 0 Å². The average Bonchev–Trinajstić information content (AvgIpc) is 2.75. The van der Waals surface area contributed by atoms with Crippen LogP contribution < -0.4 is 10.6 Å². The normalized spacial score (nSPS) is 11.5. The second-order valence-corrected chi connectivity index (χ2v) is 7.13. The summed E-state index contributed by atoms with van der Waals surface area (Å²) in [4.78, 5) is 36.5. The highest BCUT2D eigenvalue weighted by atomic mass is 16.6. The minimum absolute atomic E-state index is 0.0891. The van der Waals surface area contributed by atoms with Crippen LogP contribution in [0.4, 0.5) is 10.5 Å².